The molecular formula is C26H34N4O3. The first kappa shape index (κ1) is 23.0. The van der Waals surface area contributed by atoms with Crippen LogP contribution in [-0.4, -0.2) is 63.1 Å². The number of para-hydroxylation sites is 2. The number of likely N-dealkylation sites (tertiary alicyclic amines) is 1. The summed E-state index contributed by atoms with van der Waals surface area (Å²) in [5.41, 5.74) is 3.38. The van der Waals surface area contributed by atoms with E-state index in [2.05, 4.69) is 21.2 Å². The van der Waals surface area contributed by atoms with E-state index in [0.29, 0.717) is 11.3 Å². The molecule has 2 saturated heterocycles. The minimum absolute atomic E-state index is 0.0484. The Bertz CT molecular complexity index is 993. The van der Waals surface area contributed by atoms with Gasteiger partial charge < -0.3 is 24.8 Å². The smallest absolute Gasteiger partial charge is 0.256 e. The second-order valence-electron chi connectivity index (χ2n) is 9.02. The van der Waals surface area contributed by atoms with Crippen LogP contribution in [0.5, 0.6) is 5.75 Å². The zero-order valence-corrected chi connectivity index (χ0v) is 19.8. The summed E-state index contributed by atoms with van der Waals surface area (Å²) in [6.07, 6.45) is 2.09. The molecule has 7 nitrogen and oxygen atoms in total. The number of methoxy groups -OCH3 is 1. The van der Waals surface area contributed by atoms with Crippen LogP contribution in [-0.2, 0) is 4.79 Å². The number of ether oxygens (including phenoxy) is 1. The maximum atomic E-state index is 13.4. The minimum Gasteiger partial charge on any atom is -0.495 e. The van der Waals surface area contributed by atoms with E-state index in [1.165, 1.54) is 0 Å². The van der Waals surface area contributed by atoms with Crippen LogP contribution in [0.4, 0.5) is 17.1 Å². The Kier molecular flexibility index (Phi) is 7.06. The third kappa shape index (κ3) is 5.07. The Morgan fingerprint density at radius 2 is 1.52 bits per heavy atom. The van der Waals surface area contributed by atoms with Gasteiger partial charge >= 0.3 is 0 Å². The van der Waals surface area contributed by atoms with Gasteiger partial charge in [-0.2, -0.15) is 0 Å². The number of piperazine rings is 1. The summed E-state index contributed by atoms with van der Waals surface area (Å²) in [5, 5.41) is 2.95. The van der Waals surface area contributed by atoms with Crippen molar-refractivity contribution in [3.05, 3.63) is 48.0 Å². The molecule has 7 heteroatoms. The summed E-state index contributed by atoms with van der Waals surface area (Å²) >= 11 is 0. The number of amides is 2. The van der Waals surface area contributed by atoms with Crippen molar-refractivity contribution in [1.29, 1.82) is 0 Å². The molecule has 1 N–H and O–H groups in total. The van der Waals surface area contributed by atoms with Crippen LogP contribution >= 0.6 is 0 Å². The van der Waals surface area contributed by atoms with Crippen LogP contribution in [0.3, 0.4) is 0 Å². The molecule has 0 saturated carbocycles. The van der Waals surface area contributed by atoms with E-state index in [1.807, 2.05) is 55.1 Å². The topological polar surface area (TPSA) is 65.1 Å². The van der Waals surface area contributed by atoms with Gasteiger partial charge in [0, 0.05) is 56.6 Å². The van der Waals surface area contributed by atoms with Gasteiger partial charge in [0.15, 0.2) is 0 Å². The molecule has 0 radical (unpaired) electrons. The molecular weight excluding hydrogens is 416 g/mol. The molecule has 2 aromatic carbocycles. The number of benzene rings is 2. The lowest BCUT2D eigenvalue weighted by atomic mass is 10.1. The maximum absolute atomic E-state index is 13.4. The fourth-order valence-corrected chi connectivity index (χ4v) is 4.52. The first-order valence-electron chi connectivity index (χ1n) is 11.8. The number of carbonyl (C=O) groups excluding carboxylic acids is 2. The number of anilines is 3. The van der Waals surface area contributed by atoms with Crippen LogP contribution in [0.1, 0.15) is 37.0 Å². The van der Waals surface area contributed by atoms with E-state index in [9.17, 15) is 9.59 Å². The molecule has 0 spiro atoms. The van der Waals surface area contributed by atoms with Gasteiger partial charge in [-0.15, -0.1) is 0 Å². The van der Waals surface area contributed by atoms with E-state index in [1.54, 1.807) is 7.11 Å². The van der Waals surface area contributed by atoms with Gasteiger partial charge in [-0.3, -0.25) is 9.59 Å². The number of rotatable bonds is 6. The van der Waals surface area contributed by atoms with Crippen molar-refractivity contribution < 1.29 is 14.3 Å². The molecule has 2 aromatic rings. The van der Waals surface area contributed by atoms with Crippen molar-refractivity contribution in [1.82, 2.24) is 4.90 Å². The number of hydrogen-bond donors (Lipinski definition) is 1. The number of hydrogen-bond acceptors (Lipinski definition) is 5. The predicted molar refractivity (Wildman–Crippen MR) is 132 cm³/mol. The van der Waals surface area contributed by atoms with Crippen LogP contribution in [0.15, 0.2) is 42.5 Å². The van der Waals surface area contributed by atoms with Gasteiger partial charge in [-0.25, -0.2) is 0 Å². The highest BCUT2D eigenvalue weighted by atomic mass is 16.5. The number of nitrogens with zero attached hydrogens (tertiary/aromatic N) is 3. The molecule has 33 heavy (non-hydrogen) atoms. The van der Waals surface area contributed by atoms with Crippen LogP contribution in [0.2, 0.25) is 0 Å². The molecule has 0 aromatic heterocycles. The third-order valence-electron chi connectivity index (χ3n) is 6.46. The van der Waals surface area contributed by atoms with Gasteiger partial charge in [0.1, 0.15) is 5.75 Å². The molecule has 0 aliphatic carbocycles. The molecule has 176 valence electrons. The zero-order valence-electron chi connectivity index (χ0n) is 19.8. The van der Waals surface area contributed by atoms with E-state index in [4.69, 9.17) is 4.74 Å². The van der Waals surface area contributed by atoms with Crippen molar-refractivity contribution in [2.75, 3.05) is 61.5 Å². The van der Waals surface area contributed by atoms with Crippen molar-refractivity contribution >= 4 is 28.9 Å². The average Bonchev–Trinajstić information content (AvgIpc) is 3.38. The van der Waals surface area contributed by atoms with E-state index in [-0.39, 0.29) is 17.7 Å². The van der Waals surface area contributed by atoms with Gasteiger partial charge in [-0.05, 0) is 43.2 Å². The van der Waals surface area contributed by atoms with Crippen LogP contribution in [0.25, 0.3) is 0 Å². The molecule has 2 aliphatic rings. The fourth-order valence-electron chi connectivity index (χ4n) is 4.52. The average molecular weight is 451 g/mol. The fraction of sp³-hybridized carbons (Fsp3) is 0.462. The molecule has 2 heterocycles. The molecule has 2 aliphatic heterocycles. The maximum Gasteiger partial charge on any atom is 0.256 e. The van der Waals surface area contributed by atoms with Gasteiger partial charge in [0.05, 0.1) is 18.4 Å². The Labute approximate surface area is 196 Å². The van der Waals surface area contributed by atoms with Crippen LogP contribution < -0.4 is 19.9 Å². The Hall–Kier alpha value is -3.22. The van der Waals surface area contributed by atoms with Crippen molar-refractivity contribution in [3.63, 3.8) is 0 Å². The summed E-state index contributed by atoms with van der Waals surface area (Å²) in [5.74, 6) is 0.759. The normalized spacial score (nSPS) is 16.3. The van der Waals surface area contributed by atoms with Gasteiger partial charge in [-0.1, -0.05) is 26.0 Å². The number of carbonyl (C=O) groups is 2. The van der Waals surface area contributed by atoms with E-state index >= 15 is 0 Å². The van der Waals surface area contributed by atoms with Crippen molar-refractivity contribution in [2.45, 2.75) is 26.7 Å². The quantitative estimate of drug-likeness (QED) is 0.724. The predicted octanol–water partition coefficient (Wildman–Crippen LogP) is 3.85. The molecule has 2 amide bonds. The summed E-state index contributed by atoms with van der Waals surface area (Å²) < 4.78 is 5.54. The standard InChI is InChI=1S/C26H34N4O3/c1-19(2)25(31)27-20-10-11-22(21(18-20)26(32)30-12-6-7-13-30)28-14-16-29(17-15-28)23-8-4-5-9-24(23)33-3/h4-5,8-11,18-19H,6-7,12-17H2,1-3H3,(H,27,31). The van der Waals surface area contributed by atoms with Gasteiger partial charge in [0.25, 0.3) is 5.91 Å². The molecule has 2 fully saturated rings. The summed E-state index contributed by atoms with van der Waals surface area (Å²) in [6.45, 7) is 8.59. The van der Waals surface area contributed by atoms with Crippen molar-refractivity contribution in [2.24, 2.45) is 5.92 Å². The third-order valence-corrected chi connectivity index (χ3v) is 6.46. The SMILES string of the molecule is COc1ccccc1N1CCN(c2ccc(NC(=O)C(C)C)cc2C(=O)N2CCCC2)CC1. The van der Waals surface area contributed by atoms with E-state index in [0.717, 1.165) is 69.2 Å². The largest absolute Gasteiger partial charge is 0.495 e. The first-order valence-corrected chi connectivity index (χ1v) is 11.8. The lowest BCUT2D eigenvalue weighted by molar-refractivity contribution is -0.118. The molecule has 0 unspecified atom stereocenters. The van der Waals surface area contributed by atoms with E-state index < -0.39 is 0 Å². The highest BCUT2D eigenvalue weighted by Gasteiger charge is 2.27. The Balaban J connectivity index is 1.56. The summed E-state index contributed by atoms with van der Waals surface area (Å²) in [6, 6.07) is 13.8. The highest BCUT2D eigenvalue weighted by Crippen LogP contribution is 2.32. The minimum atomic E-state index is -0.120. The summed E-state index contributed by atoms with van der Waals surface area (Å²) in [4.78, 5) is 32.2. The Morgan fingerprint density at radius 1 is 0.879 bits per heavy atom. The second-order valence-corrected chi connectivity index (χ2v) is 9.02. The Morgan fingerprint density at radius 3 is 2.15 bits per heavy atom. The first-order chi connectivity index (χ1) is 16.0. The second kappa shape index (κ2) is 10.1. The molecule has 0 atom stereocenters. The van der Waals surface area contributed by atoms with Gasteiger partial charge in [0.2, 0.25) is 5.91 Å². The zero-order chi connectivity index (χ0) is 23.4. The van der Waals surface area contributed by atoms with Crippen LogP contribution in [0, 0.1) is 5.92 Å². The lowest BCUT2D eigenvalue weighted by Gasteiger charge is -2.38. The molecule has 0 bridgehead atoms. The highest BCUT2D eigenvalue weighted by molar-refractivity contribution is 6.02. The number of nitrogens with one attached hydrogen (secondary N) is 1. The monoisotopic (exact) mass is 450 g/mol. The summed E-state index contributed by atoms with van der Waals surface area (Å²) in [7, 11) is 1.70. The van der Waals surface area contributed by atoms with Crippen molar-refractivity contribution in [3.8, 4) is 5.75 Å². The molecule has 4 rings (SSSR count). The lowest BCUT2D eigenvalue weighted by Crippen LogP contribution is -2.47.